The van der Waals surface area contributed by atoms with E-state index in [9.17, 15) is 14.4 Å². The van der Waals surface area contributed by atoms with Crippen molar-refractivity contribution in [1.82, 2.24) is 21.4 Å². The van der Waals surface area contributed by atoms with Gasteiger partial charge >= 0.3 is 6.03 Å². The number of nitrogens with zero attached hydrogens (tertiary/aromatic N) is 1. The number of rotatable bonds is 8. The predicted molar refractivity (Wildman–Crippen MR) is 119 cm³/mol. The second-order valence-electron chi connectivity index (χ2n) is 8.16. The summed E-state index contributed by atoms with van der Waals surface area (Å²) in [6, 6.07) is -0.750. The molecule has 0 aromatic carbocycles. The zero-order chi connectivity index (χ0) is 21.2. The van der Waals surface area contributed by atoms with E-state index < -0.39 is 0 Å². The topological polar surface area (TPSA) is 135 Å². The van der Waals surface area contributed by atoms with Crippen molar-refractivity contribution in [2.75, 3.05) is 13.6 Å². The molecule has 0 heterocycles. The fourth-order valence-corrected chi connectivity index (χ4v) is 4.06. The summed E-state index contributed by atoms with van der Waals surface area (Å²) in [5, 5.41) is 12.4. The predicted octanol–water partition coefficient (Wildman–Crippen LogP) is 2.39. The Morgan fingerprint density at radius 1 is 1.06 bits per heavy atom. The summed E-state index contributed by atoms with van der Waals surface area (Å²) < 4.78 is 0. The van der Waals surface area contributed by atoms with Gasteiger partial charge in [0, 0.05) is 64.4 Å². The summed E-state index contributed by atoms with van der Waals surface area (Å²) in [4.78, 5) is 35.8. The summed E-state index contributed by atoms with van der Waals surface area (Å²) in [5.74, 6) is 0.450. The van der Waals surface area contributed by atoms with Gasteiger partial charge in [0.25, 0.3) is 0 Å². The van der Waals surface area contributed by atoms with E-state index in [1.807, 2.05) is 6.92 Å². The SMILES string of the molecule is CC[C@@H](/C=N/NC(=O)NCC1CCC(C(=O)NC)CC1)NC(=O)[C@H]1CC[C@H]([NH-])C1.[CH3-].[Y]. The van der Waals surface area contributed by atoms with E-state index in [0.717, 1.165) is 38.5 Å². The standard InChI is InChI=1S/C20H35N6O3.CH3.Y/c1-3-17(25-19(28)15-8-9-16(21)10-15)12-24-26-20(29)23-11-13-4-6-14(7-5-13)18(27)22-2;;/h12-17,21H,3-11H2,1-2H3,(H,22,27)(H,25,28)(H2,23,26,29);1H3;/q2*-1;/b24-12+;;/t13?,14?,15-,16-,17-;;/m0../s1. The first kappa shape index (κ1) is 29.9. The number of carbonyl (C=O) groups is 3. The molecule has 5 N–H and O–H groups in total. The maximum absolute atomic E-state index is 12.2. The third kappa shape index (κ3) is 10.4. The van der Waals surface area contributed by atoms with Gasteiger partial charge < -0.3 is 29.1 Å². The third-order valence-corrected chi connectivity index (χ3v) is 6.01. The number of amides is 4. The van der Waals surface area contributed by atoms with Crippen LogP contribution >= 0.6 is 0 Å². The fourth-order valence-electron chi connectivity index (χ4n) is 4.06. The van der Waals surface area contributed by atoms with E-state index in [-0.39, 0.29) is 81.9 Å². The first-order valence-corrected chi connectivity index (χ1v) is 10.7. The molecule has 0 saturated heterocycles. The summed E-state index contributed by atoms with van der Waals surface area (Å²) in [5.41, 5.74) is 10.2. The molecule has 10 heteroatoms. The Labute approximate surface area is 211 Å². The fraction of sp³-hybridized carbons (Fsp3) is 0.762. The van der Waals surface area contributed by atoms with Crippen molar-refractivity contribution < 1.29 is 47.1 Å². The molecule has 1 radical (unpaired) electrons. The minimum absolute atomic E-state index is 0. The molecule has 9 nitrogen and oxygen atoms in total. The van der Waals surface area contributed by atoms with Crippen molar-refractivity contribution in [1.29, 1.82) is 0 Å². The van der Waals surface area contributed by atoms with Gasteiger partial charge in [-0.05, 0) is 44.4 Å². The summed E-state index contributed by atoms with van der Waals surface area (Å²) >= 11 is 0. The molecule has 0 unspecified atom stereocenters. The number of urea groups is 1. The molecule has 0 aliphatic heterocycles. The normalized spacial score (nSPS) is 26.2. The van der Waals surface area contributed by atoms with Gasteiger partial charge in [0.2, 0.25) is 11.8 Å². The summed E-state index contributed by atoms with van der Waals surface area (Å²) in [7, 11) is 1.66. The molecule has 0 spiro atoms. The Balaban J connectivity index is 0.00000450. The molecular formula is C21H38N6O3Y-2. The minimum Gasteiger partial charge on any atom is -0.675 e. The maximum atomic E-state index is 12.2. The van der Waals surface area contributed by atoms with E-state index in [0.29, 0.717) is 25.3 Å². The van der Waals surface area contributed by atoms with Gasteiger partial charge in [0.05, 0.1) is 6.04 Å². The average Bonchev–Trinajstić information content (AvgIpc) is 3.17. The molecule has 3 atom stereocenters. The largest absolute Gasteiger partial charge is 0.675 e. The minimum atomic E-state index is -0.372. The number of hydrogen-bond donors (Lipinski definition) is 4. The van der Waals surface area contributed by atoms with E-state index in [2.05, 4.69) is 26.5 Å². The van der Waals surface area contributed by atoms with Crippen LogP contribution in [-0.4, -0.2) is 49.7 Å². The van der Waals surface area contributed by atoms with E-state index in [1.54, 1.807) is 13.3 Å². The van der Waals surface area contributed by atoms with Crippen LogP contribution in [0.1, 0.15) is 58.3 Å². The molecule has 2 fully saturated rings. The molecular weight excluding hydrogens is 473 g/mol. The van der Waals surface area contributed by atoms with Gasteiger partial charge in [-0.1, -0.05) is 19.8 Å². The van der Waals surface area contributed by atoms with Crippen LogP contribution in [0.5, 0.6) is 0 Å². The molecule has 2 saturated carbocycles. The van der Waals surface area contributed by atoms with Crippen molar-refractivity contribution in [3.05, 3.63) is 13.2 Å². The Bertz CT molecular complexity index is 596. The first-order chi connectivity index (χ1) is 13.9. The van der Waals surface area contributed by atoms with Crippen LogP contribution in [0.2, 0.25) is 0 Å². The molecule has 2 rings (SSSR count). The molecule has 0 aromatic heterocycles. The molecule has 2 aliphatic rings. The maximum Gasteiger partial charge on any atom is 0.335 e. The van der Waals surface area contributed by atoms with Crippen LogP contribution in [0.3, 0.4) is 0 Å². The third-order valence-electron chi connectivity index (χ3n) is 6.01. The second-order valence-corrected chi connectivity index (χ2v) is 8.16. The van der Waals surface area contributed by atoms with Crippen LogP contribution < -0.4 is 21.4 Å². The Hall–Kier alpha value is -1.06. The molecule has 31 heavy (non-hydrogen) atoms. The van der Waals surface area contributed by atoms with Crippen LogP contribution in [-0.2, 0) is 42.3 Å². The monoisotopic (exact) mass is 511 g/mol. The summed E-state index contributed by atoms with van der Waals surface area (Å²) in [6.45, 7) is 2.50. The quantitative estimate of drug-likeness (QED) is 0.226. The van der Waals surface area contributed by atoms with Gasteiger partial charge in [0.1, 0.15) is 0 Å². The van der Waals surface area contributed by atoms with Crippen molar-refractivity contribution in [2.45, 2.75) is 70.4 Å². The zero-order valence-electron chi connectivity index (χ0n) is 19.1. The zero-order valence-corrected chi connectivity index (χ0v) is 21.9. The molecule has 0 aromatic rings. The second kappa shape index (κ2) is 15.7. The van der Waals surface area contributed by atoms with Crippen molar-refractivity contribution >= 4 is 24.1 Å². The van der Waals surface area contributed by atoms with Crippen LogP contribution in [0, 0.1) is 25.2 Å². The van der Waals surface area contributed by atoms with E-state index in [1.165, 1.54) is 0 Å². The van der Waals surface area contributed by atoms with Crippen molar-refractivity contribution in [3.63, 3.8) is 0 Å². The molecule has 2 aliphatic carbocycles. The van der Waals surface area contributed by atoms with Gasteiger partial charge in [0.15, 0.2) is 0 Å². The first-order valence-electron chi connectivity index (χ1n) is 10.7. The number of hydrogen-bond acceptors (Lipinski definition) is 4. The summed E-state index contributed by atoms with van der Waals surface area (Å²) in [6.07, 6.45) is 7.92. The number of hydrazone groups is 1. The Morgan fingerprint density at radius 3 is 2.26 bits per heavy atom. The molecule has 0 bridgehead atoms. The Morgan fingerprint density at radius 2 is 1.71 bits per heavy atom. The van der Waals surface area contributed by atoms with Crippen LogP contribution in [0.25, 0.3) is 5.73 Å². The van der Waals surface area contributed by atoms with Gasteiger partial charge in [-0.3, -0.25) is 9.59 Å². The number of nitrogens with one attached hydrogen (secondary N) is 5. The van der Waals surface area contributed by atoms with Crippen LogP contribution in [0.4, 0.5) is 4.79 Å². The average molecular weight is 511 g/mol. The van der Waals surface area contributed by atoms with Gasteiger partial charge in [-0.2, -0.15) is 5.10 Å². The van der Waals surface area contributed by atoms with Gasteiger partial charge in [-0.15, -0.1) is 6.04 Å². The van der Waals surface area contributed by atoms with Crippen LogP contribution in [0.15, 0.2) is 5.10 Å². The Kier molecular flexibility index (Phi) is 15.2. The van der Waals surface area contributed by atoms with E-state index in [4.69, 9.17) is 5.73 Å². The number of carbonyl (C=O) groups excluding carboxylic acids is 3. The van der Waals surface area contributed by atoms with E-state index >= 15 is 0 Å². The van der Waals surface area contributed by atoms with Gasteiger partial charge in [-0.25, -0.2) is 10.2 Å². The smallest absolute Gasteiger partial charge is 0.335 e. The molecule has 175 valence electrons. The molecule has 4 amide bonds. The van der Waals surface area contributed by atoms with Crippen molar-refractivity contribution in [2.24, 2.45) is 22.9 Å². The van der Waals surface area contributed by atoms with Crippen molar-refractivity contribution in [3.8, 4) is 0 Å².